The molecule has 0 radical (unpaired) electrons. The lowest BCUT2D eigenvalue weighted by Crippen LogP contribution is -1.97. The number of H-pyrrole nitrogens is 1. The summed E-state index contributed by atoms with van der Waals surface area (Å²) in [6, 6.07) is 9.32. The van der Waals surface area contributed by atoms with Gasteiger partial charge in [-0.1, -0.05) is 11.6 Å². The van der Waals surface area contributed by atoms with E-state index in [0.717, 1.165) is 0 Å². The second-order valence-electron chi connectivity index (χ2n) is 5.44. The van der Waals surface area contributed by atoms with Crippen LogP contribution in [0.4, 0.5) is 5.69 Å². The van der Waals surface area contributed by atoms with Gasteiger partial charge in [0.05, 0.1) is 25.4 Å². The SMILES string of the molecule is COc1ccc(-c2n[nH]c(=S)n2/N=C/c2cc([N+](=O)[O-])ccc2Cl)cc1OC. The first-order valence-electron chi connectivity index (χ1n) is 7.82. The highest BCUT2D eigenvalue weighted by Gasteiger charge is 2.13. The second-order valence-corrected chi connectivity index (χ2v) is 6.24. The van der Waals surface area contributed by atoms with Crippen molar-refractivity contribution in [3.8, 4) is 22.9 Å². The molecule has 0 amide bonds. The number of halogens is 1. The summed E-state index contributed by atoms with van der Waals surface area (Å²) in [6.07, 6.45) is 1.38. The first-order valence-corrected chi connectivity index (χ1v) is 8.61. The first-order chi connectivity index (χ1) is 13.4. The number of nitrogens with one attached hydrogen (secondary N) is 1. The number of rotatable bonds is 6. The molecule has 2 aromatic carbocycles. The quantitative estimate of drug-likeness (QED) is 0.279. The zero-order valence-electron chi connectivity index (χ0n) is 14.7. The number of hydrogen-bond acceptors (Lipinski definition) is 7. The van der Waals surface area contributed by atoms with Gasteiger partial charge in [-0.05, 0) is 36.5 Å². The molecule has 144 valence electrons. The molecule has 3 aromatic rings. The van der Waals surface area contributed by atoms with Gasteiger partial charge < -0.3 is 9.47 Å². The van der Waals surface area contributed by atoms with Crippen LogP contribution in [0.3, 0.4) is 0 Å². The van der Waals surface area contributed by atoms with Gasteiger partial charge in [-0.15, -0.1) is 0 Å². The van der Waals surface area contributed by atoms with Gasteiger partial charge in [0.25, 0.3) is 5.69 Å². The molecule has 0 saturated heterocycles. The zero-order valence-corrected chi connectivity index (χ0v) is 16.3. The molecule has 0 saturated carbocycles. The third kappa shape index (κ3) is 3.87. The molecule has 0 fully saturated rings. The van der Waals surface area contributed by atoms with Gasteiger partial charge >= 0.3 is 0 Å². The minimum Gasteiger partial charge on any atom is -0.493 e. The van der Waals surface area contributed by atoms with Crippen molar-refractivity contribution >= 4 is 35.7 Å². The molecule has 11 heteroatoms. The molecule has 0 bridgehead atoms. The van der Waals surface area contributed by atoms with E-state index in [0.29, 0.717) is 33.5 Å². The van der Waals surface area contributed by atoms with Gasteiger partial charge in [-0.25, -0.2) is 5.10 Å². The molecule has 9 nitrogen and oxygen atoms in total. The van der Waals surface area contributed by atoms with Crippen molar-refractivity contribution in [2.45, 2.75) is 0 Å². The molecule has 0 aliphatic rings. The Hall–Kier alpha value is -3.24. The average Bonchev–Trinajstić information content (AvgIpc) is 3.07. The fourth-order valence-corrected chi connectivity index (χ4v) is 2.77. The molecule has 1 aromatic heterocycles. The Labute approximate surface area is 169 Å². The minimum absolute atomic E-state index is 0.0956. The van der Waals surface area contributed by atoms with Crippen LogP contribution >= 0.6 is 23.8 Å². The molecule has 0 aliphatic heterocycles. The minimum atomic E-state index is -0.508. The maximum atomic E-state index is 11.0. The summed E-state index contributed by atoms with van der Waals surface area (Å²) in [4.78, 5) is 10.5. The molecule has 28 heavy (non-hydrogen) atoms. The van der Waals surface area contributed by atoms with Gasteiger partial charge in [0, 0.05) is 28.3 Å². The van der Waals surface area contributed by atoms with E-state index in [4.69, 9.17) is 33.3 Å². The van der Waals surface area contributed by atoms with Crippen LogP contribution in [0.25, 0.3) is 11.4 Å². The summed E-state index contributed by atoms with van der Waals surface area (Å²) in [6.45, 7) is 0. The van der Waals surface area contributed by atoms with E-state index in [2.05, 4.69) is 15.3 Å². The normalized spacial score (nSPS) is 11.0. The van der Waals surface area contributed by atoms with Crippen molar-refractivity contribution in [3.63, 3.8) is 0 Å². The maximum absolute atomic E-state index is 11.0. The highest BCUT2D eigenvalue weighted by Crippen LogP contribution is 2.31. The Morgan fingerprint density at radius 2 is 2.00 bits per heavy atom. The van der Waals surface area contributed by atoms with Gasteiger partial charge in [0.15, 0.2) is 17.3 Å². The fourth-order valence-electron chi connectivity index (χ4n) is 2.42. The summed E-state index contributed by atoms with van der Waals surface area (Å²) in [5, 5.41) is 22.4. The van der Waals surface area contributed by atoms with Crippen molar-refractivity contribution in [2.75, 3.05) is 14.2 Å². The topological polar surface area (TPSA) is 108 Å². The lowest BCUT2D eigenvalue weighted by molar-refractivity contribution is -0.384. The number of benzene rings is 2. The van der Waals surface area contributed by atoms with Gasteiger partial charge in [0.1, 0.15) is 0 Å². The van der Waals surface area contributed by atoms with Crippen LogP contribution in [0, 0.1) is 14.9 Å². The smallest absolute Gasteiger partial charge is 0.270 e. The lowest BCUT2D eigenvalue weighted by Gasteiger charge is -2.09. The number of nitro benzene ring substituents is 1. The van der Waals surface area contributed by atoms with Crippen LogP contribution in [0.5, 0.6) is 11.5 Å². The summed E-state index contributed by atoms with van der Waals surface area (Å²) in [5.41, 5.74) is 0.950. The van der Waals surface area contributed by atoms with Crippen molar-refractivity contribution in [1.29, 1.82) is 0 Å². The van der Waals surface area contributed by atoms with E-state index >= 15 is 0 Å². The Balaban J connectivity index is 2.03. The number of ether oxygens (including phenoxy) is 2. The molecular weight excluding hydrogens is 406 g/mol. The Kier molecular flexibility index (Phi) is 5.71. The predicted octanol–water partition coefficient (Wildman–Crippen LogP) is 4.07. The summed E-state index contributed by atoms with van der Waals surface area (Å²) in [7, 11) is 3.07. The highest BCUT2D eigenvalue weighted by molar-refractivity contribution is 7.71. The average molecular weight is 420 g/mol. The van der Waals surface area contributed by atoms with E-state index in [1.165, 1.54) is 36.2 Å². The van der Waals surface area contributed by atoms with Gasteiger partial charge in [0.2, 0.25) is 4.77 Å². The standard InChI is InChI=1S/C17H14ClN5O4S/c1-26-14-6-3-10(8-15(14)27-2)16-20-21-17(28)22(16)19-9-11-7-12(23(24)25)4-5-13(11)18/h3-9H,1-2H3,(H,21,28)/b19-9+. The maximum Gasteiger partial charge on any atom is 0.270 e. The number of nitro groups is 1. The van der Waals surface area contributed by atoms with E-state index < -0.39 is 4.92 Å². The first kappa shape index (κ1) is 19.5. The number of non-ortho nitro benzene ring substituents is 1. The number of nitrogens with zero attached hydrogens (tertiary/aromatic N) is 4. The van der Waals surface area contributed by atoms with Crippen LogP contribution in [-0.4, -0.2) is 40.2 Å². The Morgan fingerprint density at radius 1 is 1.25 bits per heavy atom. The summed E-state index contributed by atoms with van der Waals surface area (Å²) < 4.78 is 12.2. The summed E-state index contributed by atoms with van der Waals surface area (Å²) in [5.74, 6) is 1.51. The molecule has 3 rings (SSSR count). The van der Waals surface area contributed by atoms with Crippen molar-refractivity contribution < 1.29 is 14.4 Å². The largest absolute Gasteiger partial charge is 0.493 e. The number of aromatic amines is 1. The number of hydrogen-bond donors (Lipinski definition) is 1. The van der Waals surface area contributed by atoms with Gasteiger partial charge in [-0.2, -0.15) is 14.9 Å². The third-order valence-corrected chi connectivity index (χ3v) is 4.40. The lowest BCUT2D eigenvalue weighted by atomic mass is 10.2. The molecule has 0 atom stereocenters. The van der Waals surface area contributed by atoms with Gasteiger partial charge in [-0.3, -0.25) is 10.1 Å². The molecule has 0 spiro atoms. The van der Waals surface area contributed by atoms with E-state index in [1.54, 1.807) is 25.3 Å². The summed E-state index contributed by atoms with van der Waals surface area (Å²) >= 11 is 11.3. The predicted molar refractivity (Wildman–Crippen MR) is 107 cm³/mol. The second kappa shape index (κ2) is 8.19. The van der Waals surface area contributed by atoms with Crippen molar-refractivity contribution in [3.05, 3.63) is 61.9 Å². The Bertz CT molecular complexity index is 1120. The van der Waals surface area contributed by atoms with Crippen molar-refractivity contribution in [1.82, 2.24) is 14.9 Å². The zero-order chi connectivity index (χ0) is 20.3. The number of methoxy groups -OCH3 is 2. The molecule has 0 aliphatic carbocycles. The highest BCUT2D eigenvalue weighted by atomic mass is 35.5. The van der Waals surface area contributed by atoms with Crippen LogP contribution in [0.2, 0.25) is 5.02 Å². The molecular formula is C17H14ClN5O4S. The van der Waals surface area contributed by atoms with Crippen LogP contribution in [0.1, 0.15) is 5.56 Å². The third-order valence-electron chi connectivity index (χ3n) is 3.79. The monoisotopic (exact) mass is 419 g/mol. The molecule has 1 heterocycles. The Morgan fingerprint density at radius 3 is 2.68 bits per heavy atom. The van der Waals surface area contributed by atoms with Crippen molar-refractivity contribution in [2.24, 2.45) is 5.10 Å². The van der Waals surface area contributed by atoms with E-state index in [-0.39, 0.29) is 10.5 Å². The molecule has 0 unspecified atom stereocenters. The van der Waals surface area contributed by atoms with Crippen LogP contribution in [-0.2, 0) is 0 Å². The molecule has 1 N–H and O–H groups in total. The van der Waals surface area contributed by atoms with Crippen LogP contribution in [0.15, 0.2) is 41.5 Å². The van der Waals surface area contributed by atoms with Crippen LogP contribution < -0.4 is 9.47 Å². The van der Waals surface area contributed by atoms with E-state index in [9.17, 15) is 10.1 Å². The van der Waals surface area contributed by atoms with E-state index in [1.807, 2.05) is 0 Å². The fraction of sp³-hybridized carbons (Fsp3) is 0.118. The number of aromatic nitrogens is 3.